The lowest BCUT2D eigenvalue weighted by atomic mass is 10.1. The zero-order valence-electron chi connectivity index (χ0n) is 10.6. The van der Waals surface area contributed by atoms with Crippen LogP contribution in [0.1, 0.15) is 17.3 Å². The molecule has 1 amide bonds. The Balaban J connectivity index is 2.76. The molecular formula is C12H17BrFN3O. The summed E-state index contributed by atoms with van der Waals surface area (Å²) in [7, 11) is 3.84. The van der Waals surface area contributed by atoms with Gasteiger partial charge in [0.2, 0.25) is 0 Å². The standard InChI is InChI=1S/C12H17BrFN3O/c1-7(17(2)3)6-16-12(18)8-4-10(14)9(13)5-11(8)15/h4-5,7H,6,15H2,1-3H3,(H,16,18). The first kappa shape index (κ1) is 14.9. The number of nitrogens with two attached hydrogens (primary N) is 1. The summed E-state index contributed by atoms with van der Waals surface area (Å²) in [5.41, 5.74) is 6.09. The molecule has 0 aromatic heterocycles. The van der Waals surface area contributed by atoms with Crippen molar-refractivity contribution in [3.8, 4) is 0 Å². The number of halogens is 2. The molecule has 0 aliphatic carbocycles. The number of hydrogen-bond donors (Lipinski definition) is 2. The molecule has 1 aromatic carbocycles. The number of nitrogen functional groups attached to an aromatic ring is 1. The van der Waals surface area contributed by atoms with E-state index in [-0.39, 0.29) is 27.7 Å². The Morgan fingerprint density at radius 1 is 1.56 bits per heavy atom. The highest BCUT2D eigenvalue weighted by Gasteiger charge is 2.14. The predicted molar refractivity (Wildman–Crippen MR) is 74.0 cm³/mol. The lowest BCUT2D eigenvalue weighted by Gasteiger charge is -2.20. The Morgan fingerprint density at radius 3 is 2.72 bits per heavy atom. The maximum Gasteiger partial charge on any atom is 0.253 e. The Morgan fingerprint density at radius 2 is 2.17 bits per heavy atom. The van der Waals surface area contributed by atoms with E-state index in [4.69, 9.17) is 5.73 Å². The number of amides is 1. The molecule has 100 valence electrons. The van der Waals surface area contributed by atoms with E-state index >= 15 is 0 Å². The SMILES string of the molecule is CC(CNC(=O)c1cc(F)c(Br)cc1N)N(C)C. The van der Waals surface area contributed by atoms with E-state index in [1.165, 1.54) is 6.07 Å². The van der Waals surface area contributed by atoms with Crippen molar-refractivity contribution in [2.45, 2.75) is 13.0 Å². The van der Waals surface area contributed by atoms with Crippen LogP contribution in [0, 0.1) is 5.82 Å². The highest BCUT2D eigenvalue weighted by molar-refractivity contribution is 9.10. The van der Waals surface area contributed by atoms with E-state index in [0.29, 0.717) is 6.54 Å². The third-order valence-corrected chi connectivity index (χ3v) is 3.38. The fraction of sp³-hybridized carbons (Fsp3) is 0.417. The van der Waals surface area contributed by atoms with Gasteiger partial charge in [-0.25, -0.2) is 4.39 Å². The van der Waals surface area contributed by atoms with Crippen molar-refractivity contribution >= 4 is 27.5 Å². The van der Waals surface area contributed by atoms with E-state index < -0.39 is 5.82 Å². The second kappa shape index (κ2) is 6.15. The first-order valence-corrected chi connectivity index (χ1v) is 6.31. The number of nitrogens with zero attached hydrogens (tertiary/aromatic N) is 1. The van der Waals surface area contributed by atoms with Crippen LogP contribution >= 0.6 is 15.9 Å². The summed E-state index contributed by atoms with van der Waals surface area (Å²) in [4.78, 5) is 13.8. The van der Waals surface area contributed by atoms with E-state index in [2.05, 4.69) is 21.2 Å². The average Bonchev–Trinajstić information content (AvgIpc) is 2.30. The van der Waals surface area contributed by atoms with Crippen LogP contribution in [0.5, 0.6) is 0 Å². The largest absolute Gasteiger partial charge is 0.398 e. The summed E-state index contributed by atoms with van der Waals surface area (Å²) in [5, 5.41) is 2.72. The van der Waals surface area contributed by atoms with Gasteiger partial charge in [0.25, 0.3) is 5.91 Å². The number of benzene rings is 1. The number of carbonyl (C=O) groups excluding carboxylic acids is 1. The van der Waals surface area contributed by atoms with Gasteiger partial charge < -0.3 is 16.0 Å². The second-order valence-electron chi connectivity index (χ2n) is 4.38. The Kier molecular flexibility index (Phi) is 5.10. The van der Waals surface area contributed by atoms with Crippen molar-refractivity contribution in [2.75, 3.05) is 26.4 Å². The normalized spacial score (nSPS) is 12.6. The van der Waals surface area contributed by atoms with Gasteiger partial charge >= 0.3 is 0 Å². The predicted octanol–water partition coefficient (Wildman–Crippen LogP) is 1.85. The van der Waals surface area contributed by atoms with Crippen LogP contribution in [0.4, 0.5) is 10.1 Å². The zero-order chi connectivity index (χ0) is 13.9. The maximum atomic E-state index is 13.4. The molecule has 0 fully saturated rings. The topological polar surface area (TPSA) is 58.4 Å². The molecule has 6 heteroatoms. The summed E-state index contributed by atoms with van der Waals surface area (Å²) < 4.78 is 13.6. The molecule has 0 aliphatic rings. The van der Waals surface area contributed by atoms with E-state index in [1.54, 1.807) is 0 Å². The smallest absolute Gasteiger partial charge is 0.253 e. The number of carbonyl (C=O) groups is 1. The monoisotopic (exact) mass is 317 g/mol. The van der Waals surface area contributed by atoms with Gasteiger partial charge in [-0.3, -0.25) is 4.79 Å². The summed E-state index contributed by atoms with van der Waals surface area (Å²) >= 11 is 3.02. The minimum absolute atomic E-state index is 0.154. The molecule has 1 unspecified atom stereocenters. The van der Waals surface area contributed by atoms with Crippen molar-refractivity contribution in [3.05, 3.63) is 28.0 Å². The fourth-order valence-corrected chi connectivity index (χ4v) is 1.64. The van der Waals surface area contributed by atoms with Gasteiger partial charge in [0.15, 0.2) is 0 Å². The van der Waals surface area contributed by atoms with Gasteiger partial charge in [0, 0.05) is 18.3 Å². The van der Waals surface area contributed by atoms with Gasteiger partial charge in [0.1, 0.15) is 5.82 Å². The Bertz CT molecular complexity index is 451. The van der Waals surface area contributed by atoms with Gasteiger partial charge in [-0.1, -0.05) is 0 Å². The average molecular weight is 318 g/mol. The third-order valence-electron chi connectivity index (χ3n) is 2.78. The minimum Gasteiger partial charge on any atom is -0.398 e. The molecule has 0 saturated carbocycles. The molecule has 1 rings (SSSR count). The van der Waals surface area contributed by atoms with E-state index in [1.807, 2.05) is 25.9 Å². The quantitative estimate of drug-likeness (QED) is 0.833. The van der Waals surface area contributed by atoms with E-state index in [9.17, 15) is 9.18 Å². The van der Waals surface area contributed by atoms with Crippen LogP contribution in [-0.4, -0.2) is 37.5 Å². The Hall–Kier alpha value is -1.14. The van der Waals surface area contributed by atoms with Crippen molar-refractivity contribution in [3.63, 3.8) is 0 Å². The van der Waals surface area contributed by atoms with Gasteiger partial charge in [-0.05, 0) is 49.1 Å². The fourth-order valence-electron chi connectivity index (χ4n) is 1.28. The summed E-state index contributed by atoms with van der Waals surface area (Å²) in [6.45, 7) is 2.45. The number of rotatable bonds is 4. The first-order valence-electron chi connectivity index (χ1n) is 5.52. The summed E-state index contributed by atoms with van der Waals surface area (Å²) in [5.74, 6) is -0.873. The highest BCUT2D eigenvalue weighted by atomic mass is 79.9. The van der Waals surface area contributed by atoms with Crippen LogP contribution in [-0.2, 0) is 0 Å². The van der Waals surface area contributed by atoms with Crippen LogP contribution < -0.4 is 11.1 Å². The number of hydrogen-bond acceptors (Lipinski definition) is 3. The van der Waals surface area contributed by atoms with Crippen molar-refractivity contribution < 1.29 is 9.18 Å². The molecule has 0 saturated heterocycles. The Labute approximate surface area is 114 Å². The molecule has 0 radical (unpaired) electrons. The molecule has 3 N–H and O–H groups in total. The number of nitrogens with one attached hydrogen (secondary N) is 1. The van der Waals surface area contributed by atoms with Crippen LogP contribution in [0.25, 0.3) is 0 Å². The molecule has 18 heavy (non-hydrogen) atoms. The maximum absolute atomic E-state index is 13.4. The lowest BCUT2D eigenvalue weighted by Crippen LogP contribution is -2.38. The van der Waals surface area contributed by atoms with Crippen molar-refractivity contribution in [1.82, 2.24) is 10.2 Å². The molecule has 0 heterocycles. The number of anilines is 1. The molecule has 1 atom stereocenters. The molecule has 0 bridgehead atoms. The van der Waals surface area contributed by atoms with Crippen molar-refractivity contribution in [1.29, 1.82) is 0 Å². The van der Waals surface area contributed by atoms with Crippen LogP contribution in [0.3, 0.4) is 0 Å². The second-order valence-corrected chi connectivity index (χ2v) is 5.23. The molecule has 1 aromatic rings. The van der Waals surface area contributed by atoms with Gasteiger partial charge in [-0.2, -0.15) is 0 Å². The number of likely N-dealkylation sites (N-methyl/N-ethyl adjacent to an activating group) is 1. The highest BCUT2D eigenvalue weighted by Crippen LogP contribution is 2.22. The lowest BCUT2D eigenvalue weighted by molar-refractivity contribution is 0.0944. The molecule has 4 nitrogen and oxygen atoms in total. The van der Waals surface area contributed by atoms with Crippen LogP contribution in [0.2, 0.25) is 0 Å². The zero-order valence-corrected chi connectivity index (χ0v) is 12.2. The summed E-state index contributed by atoms with van der Waals surface area (Å²) in [6.07, 6.45) is 0. The van der Waals surface area contributed by atoms with Gasteiger partial charge in [-0.15, -0.1) is 0 Å². The van der Waals surface area contributed by atoms with E-state index in [0.717, 1.165) is 6.07 Å². The molecule has 0 spiro atoms. The van der Waals surface area contributed by atoms with Gasteiger partial charge in [0.05, 0.1) is 10.0 Å². The summed E-state index contributed by atoms with van der Waals surface area (Å²) in [6, 6.07) is 2.71. The first-order chi connectivity index (χ1) is 8.32. The van der Waals surface area contributed by atoms with Crippen molar-refractivity contribution in [2.24, 2.45) is 0 Å². The third kappa shape index (κ3) is 3.68. The molecule has 0 aliphatic heterocycles. The molecular weight excluding hydrogens is 301 g/mol. The van der Waals surface area contributed by atoms with Crippen LogP contribution in [0.15, 0.2) is 16.6 Å². The minimum atomic E-state index is -0.505.